The Morgan fingerprint density at radius 2 is 1.33 bits per heavy atom. The van der Waals surface area contributed by atoms with Crippen LogP contribution in [0.25, 0.3) is 0 Å². The van der Waals surface area contributed by atoms with E-state index in [1.807, 2.05) is 0 Å². The van der Waals surface area contributed by atoms with Crippen molar-refractivity contribution in [2.24, 2.45) is 0 Å². The fourth-order valence-electron chi connectivity index (χ4n) is 1.77. The van der Waals surface area contributed by atoms with Crippen molar-refractivity contribution in [2.45, 2.75) is 20.1 Å². The Kier molecular flexibility index (Phi) is 3.79. The van der Waals surface area contributed by atoms with Gasteiger partial charge in [-0.05, 0) is 6.92 Å². The number of hydrogen-bond acceptors (Lipinski definition) is 7. The van der Waals surface area contributed by atoms with Crippen LogP contribution in [0.3, 0.4) is 0 Å². The molecule has 0 amide bonds. The molecular formula is C9H10N2O7. The largest absolute Gasteiger partial charge is 0.507 e. The molecular weight excluding hydrogens is 248 g/mol. The van der Waals surface area contributed by atoms with Crippen molar-refractivity contribution in [1.29, 1.82) is 0 Å². The van der Waals surface area contributed by atoms with Crippen LogP contribution in [0.4, 0.5) is 11.4 Å². The third-order valence-corrected chi connectivity index (χ3v) is 2.54. The second-order valence-corrected chi connectivity index (χ2v) is 3.46. The molecule has 0 atom stereocenters. The smallest absolute Gasteiger partial charge is 0.288 e. The lowest BCUT2D eigenvalue weighted by Gasteiger charge is -2.10. The Hall–Kier alpha value is -2.26. The highest BCUT2D eigenvalue weighted by atomic mass is 16.6. The molecule has 9 nitrogen and oxygen atoms in total. The van der Waals surface area contributed by atoms with Crippen LogP contribution in [0.5, 0.6) is 5.75 Å². The predicted octanol–water partition coefficient (Wildman–Crippen LogP) is 0.502. The molecule has 9 heteroatoms. The lowest BCUT2D eigenvalue weighted by molar-refractivity contribution is -0.396. The molecule has 0 unspecified atom stereocenters. The van der Waals surface area contributed by atoms with Gasteiger partial charge in [0, 0.05) is 0 Å². The maximum Gasteiger partial charge on any atom is 0.288 e. The first-order valence-electron chi connectivity index (χ1n) is 4.74. The summed E-state index contributed by atoms with van der Waals surface area (Å²) in [7, 11) is 0. The van der Waals surface area contributed by atoms with Gasteiger partial charge in [-0.3, -0.25) is 20.2 Å². The number of aromatic hydroxyl groups is 1. The summed E-state index contributed by atoms with van der Waals surface area (Å²) in [5.74, 6) is -0.830. The van der Waals surface area contributed by atoms with Crippen LogP contribution in [0.1, 0.15) is 16.7 Å². The topological polar surface area (TPSA) is 147 Å². The van der Waals surface area contributed by atoms with Gasteiger partial charge in [-0.1, -0.05) is 0 Å². The summed E-state index contributed by atoms with van der Waals surface area (Å²) < 4.78 is 0. The van der Waals surface area contributed by atoms with Gasteiger partial charge in [0.15, 0.2) is 0 Å². The standard InChI is InChI=1S/C9H10N2O7/c1-4-7(10(15)16)5(2-12)9(14)6(3-13)8(4)11(17)18/h12-14H,2-3H2,1H3. The van der Waals surface area contributed by atoms with E-state index in [9.17, 15) is 25.3 Å². The maximum absolute atomic E-state index is 10.8. The highest BCUT2D eigenvalue weighted by molar-refractivity contribution is 5.68. The van der Waals surface area contributed by atoms with Crippen LogP contribution < -0.4 is 0 Å². The molecule has 0 spiro atoms. The van der Waals surface area contributed by atoms with Gasteiger partial charge in [0.1, 0.15) is 11.3 Å². The summed E-state index contributed by atoms with van der Waals surface area (Å²) in [6.07, 6.45) is 0. The Morgan fingerprint density at radius 3 is 1.56 bits per heavy atom. The first-order chi connectivity index (χ1) is 8.36. The maximum atomic E-state index is 10.8. The van der Waals surface area contributed by atoms with E-state index < -0.39 is 51.3 Å². The zero-order valence-electron chi connectivity index (χ0n) is 9.28. The van der Waals surface area contributed by atoms with Crippen LogP contribution in [0.2, 0.25) is 0 Å². The van der Waals surface area contributed by atoms with Crippen molar-refractivity contribution < 1.29 is 25.2 Å². The fraction of sp³-hybridized carbons (Fsp3) is 0.333. The van der Waals surface area contributed by atoms with E-state index >= 15 is 0 Å². The quantitative estimate of drug-likeness (QED) is 0.526. The van der Waals surface area contributed by atoms with Crippen molar-refractivity contribution in [3.63, 3.8) is 0 Å². The van der Waals surface area contributed by atoms with Crippen molar-refractivity contribution in [2.75, 3.05) is 0 Å². The molecule has 18 heavy (non-hydrogen) atoms. The molecule has 3 N–H and O–H groups in total. The minimum Gasteiger partial charge on any atom is -0.507 e. The number of nitro groups is 2. The van der Waals surface area contributed by atoms with Crippen molar-refractivity contribution >= 4 is 11.4 Å². The number of aliphatic hydroxyl groups excluding tert-OH is 2. The number of rotatable bonds is 4. The van der Waals surface area contributed by atoms with Gasteiger partial charge in [0.2, 0.25) is 0 Å². The first-order valence-corrected chi connectivity index (χ1v) is 4.74. The molecule has 0 aliphatic carbocycles. The summed E-state index contributed by atoms with van der Waals surface area (Å²) in [4.78, 5) is 19.8. The predicted molar refractivity (Wildman–Crippen MR) is 58.0 cm³/mol. The number of phenols is 1. The van der Waals surface area contributed by atoms with Crippen LogP contribution in [0.15, 0.2) is 0 Å². The summed E-state index contributed by atoms with van der Waals surface area (Å²) >= 11 is 0. The third-order valence-electron chi connectivity index (χ3n) is 2.54. The molecule has 98 valence electrons. The molecule has 0 bridgehead atoms. The van der Waals surface area contributed by atoms with Crippen LogP contribution in [-0.4, -0.2) is 25.2 Å². The highest BCUT2D eigenvalue weighted by Gasteiger charge is 2.33. The summed E-state index contributed by atoms with van der Waals surface area (Å²) in [6, 6.07) is 0. The minimum absolute atomic E-state index is 0.323. The monoisotopic (exact) mass is 258 g/mol. The summed E-state index contributed by atoms with van der Waals surface area (Å²) in [5, 5.41) is 49.3. The number of hydrogen-bond donors (Lipinski definition) is 3. The van der Waals surface area contributed by atoms with Crippen LogP contribution in [-0.2, 0) is 13.2 Å². The van der Waals surface area contributed by atoms with Gasteiger partial charge >= 0.3 is 0 Å². The van der Waals surface area contributed by atoms with Gasteiger partial charge in [-0.15, -0.1) is 0 Å². The Morgan fingerprint density at radius 1 is 1.00 bits per heavy atom. The van der Waals surface area contributed by atoms with Gasteiger partial charge in [-0.25, -0.2) is 0 Å². The molecule has 0 saturated carbocycles. The molecule has 1 rings (SSSR count). The minimum atomic E-state index is -0.922. The SMILES string of the molecule is Cc1c([N+](=O)[O-])c(CO)c(O)c(CO)c1[N+](=O)[O-]. The number of nitrogens with zero attached hydrogens (tertiary/aromatic N) is 2. The molecule has 0 aliphatic heterocycles. The average Bonchev–Trinajstić information content (AvgIpc) is 2.29. The van der Waals surface area contributed by atoms with E-state index in [-0.39, 0.29) is 5.56 Å². The molecule has 0 aliphatic rings. The lowest BCUT2D eigenvalue weighted by Crippen LogP contribution is -2.06. The van der Waals surface area contributed by atoms with E-state index in [1.165, 1.54) is 0 Å². The van der Waals surface area contributed by atoms with Crippen molar-refractivity contribution in [1.82, 2.24) is 0 Å². The third kappa shape index (κ3) is 1.96. The molecule has 0 heterocycles. The zero-order valence-corrected chi connectivity index (χ0v) is 9.28. The fourth-order valence-corrected chi connectivity index (χ4v) is 1.77. The highest BCUT2D eigenvalue weighted by Crippen LogP contribution is 2.41. The van der Waals surface area contributed by atoms with Crippen LogP contribution in [0, 0.1) is 27.2 Å². The van der Waals surface area contributed by atoms with Gasteiger partial charge in [0.05, 0.1) is 34.2 Å². The Bertz CT molecular complexity index is 483. The van der Waals surface area contributed by atoms with E-state index in [1.54, 1.807) is 0 Å². The van der Waals surface area contributed by atoms with Crippen LogP contribution >= 0.6 is 0 Å². The van der Waals surface area contributed by atoms with Gasteiger partial charge < -0.3 is 15.3 Å². The second kappa shape index (κ2) is 4.94. The Labute approximate surface area is 100 Å². The molecule has 0 radical (unpaired) electrons. The number of benzene rings is 1. The normalized spacial score (nSPS) is 10.4. The van der Waals surface area contributed by atoms with Crippen molar-refractivity contribution in [3.8, 4) is 5.75 Å². The van der Waals surface area contributed by atoms with E-state index in [2.05, 4.69) is 0 Å². The van der Waals surface area contributed by atoms with E-state index in [0.717, 1.165) is 6.92 Å². The van der Waals surface area contributed by atoms with Crippen molar-refractivity contribution in [3.05, 3.63) is 36.9 Å². The molecule has 1 aromatic carbocycles. The average molecular weight is 258 g/mol. The number of aliphatic hydroxyl groups is 2. The number of nitro benzene ring substituents is 2. The molecule has 0 saturated heterocycles. The Balaban J connectivity index is 3.86. The second-order valence-electron chi connectivity index (χ2n) is 3.46. The molecule has 0 aromatic heterocycles. The van der Waals surface area contributed by atoms with Gasteiger partial charge in [0.25, 0.3) is 11.4 Å². The molecule has 1 aromatic rings. The zero-order chi connectivity index (χ0) is 14.0. The lowest BCUT2D eigenvalue weighted by atomic mass is 9.99. The van der Waals surface area contributed by atoms with E-state index in [0.29, 0.717) is 0 Å². The summed E-state index contributed by atoms with van der Waals surface area (Å²) in [5.41, 5.74) is -2.67. The summed E-state index contributed by atoms with van der Waals surface area (Å²) in [6.45, 7) is -0.615. The molecule has 0 fully saturated rings. The van der Waals surface area contributed by atoms with Gasteiger partial charge in [-0.2, -0.15) is 0 Å². The van der Waals surface area contributed by atoms with E-state index in [4.69, 9.17) is 10.2 Å². The first kappa shape index (κ1) is 13.8.